The maximum absolute atomic E-state index is 13.2. The Hall–Kier alpha value is -1.81. The van der Waals surface area contributed by atoms with Crippen LogP contribution in [0.1, 0.15) is 17.0 Å². The lowest BCUT2D eigenvalue weighted by atomic mass is 10.1. The van der Waals surface area contributed by atoms with E-state index in [2.05, 4.69) is 15.3 Å². The van der Waals surface area contributed by atoms with Gasteiger partial charge in [-0.1, -0.05) is 12.1 Å². The van der Waals surface area contributed by atoms with Crippen LogP contribution >= 0.6 is 0 Å². The molecule has 0 amide bonds. The van der Waals surface area contributed by atoms with Crippen molar-refractivity contribution < 1.29 is 4.39 Å². The summed E-state index contributed by atoms with van der Waals surface area (Å²) < 4.78 is 13.2. The van der Waals surface area contributed by atoms with Crippen LogP contribution in [0.2, 0.25) is 0 Å². The number of aromatic nitrogens is 2. The second kappa shape index (κ2) is 5.89. The third-order valence-corrected chi connectivity index (χ3v) is 3.13. The van der Waals surface area contributed by atoms with Gasteiger partial charge in [-0.3, -0.25) is 0 Å². The molecule has 1 aromatic heterocycles. The van der Waals surface area contributed by atoms with Gasteiger partial charge < -0.3 is 5.32 Å². The van der Waals surface area contributed by atoms with E-state index >= 15 is 0 Å². The summed E-state index contributed by atoms with van der Waals surface area (Å²) in [5, 5.41) is 3.12. The van der Waals surface area contributed by atoms with Gasteiger partial charge in [0.1, 0.15) is 5.82 Å². The molecule has 0 atom stereocenters. The average molecular weight is 259 g/mol. The number of nitrogens with zero attached hydrogens (tertiary/aromatic N) is 2. The third kappa shape index (κ3) is 3.15. The molecule has 3 nitrogen and oxygen atoms in total. The summed E-state index contributed by atoms with van der Waals surface area (Å²) in [5.74, 6) is 0.318. The molecule has 19 heavy (non-hydrogen) atoms. The molecule has 0 spiro atoms. The molecule has 1 aromatic carbocycles. The zero-order valence-corrected chi connectivity index (χ0v) is 11.5. The predicted octanol–water partition coefficient (Wildman–Crippen LogP) is 2.66. The van der Waals surface area contributed by atoms with Crippen molar-refractivity contribution in [3.05, 3.63) is 47.0 Å². The number of benzene rings is 1. The van der Waals surface area contributed by atoms with Gasteiger partial charge in [-0.25, -0.2) is 14.4 Å². The van der Waals surface area contributed by atoms with Crippen molar-refractivity contribution in [3.8, 4) is 11.4 Å². The van der Waals surface area contributed by atoms with Gasteiger partial charge in [-0.05, 0) is 51.6 Å². The molecule has 0 fully saturated rings. The highest BCUT2D eigenvalue weighted by Gasteiger charge is 2.10. The van der Waals surface area contributed by atoms with Gasteiger partial charge in [0.2, 0.25) is 0 Å². The molecular formula is C15H18FN3. The van der Waals surface area contributed by atoms with Gasteiger partial charge in [-0.15, -0.1) is 0 Å². The zero-order chi connectivity index (χ0) is 13.8. The van der Waals surface area contributed by atoms with Crippen LogP contribution in [0.4, 0.5) is 4.39 Å². The van der Waals surface area contributed by atoms with Gasteiger partial charge >= 0.3 is 0 Å². The van der Waals surface area contributed by atoms with E-state index in [1.807, 2.05) is 27.0 Å². The molecule has 4 heteroatoms. The Morgan fingerprint density at radius 3 is 2.42 bits per heavy atom. The number of hydrogen-bond acceptors (Lipinski definition) is 3. The van der Waals surface area contributed by atoms with E-state index < -0.39 is 0 Å². The van der Waals surface area contributed by atoms with E-state index in [1.54, 1.807) is 6.07 Å². The molecule has 0 aliphatic heterocycles. The quantitative estimate of drug-likeness (QED) is 0.917. The van der Waals surface area contributed by atoms with Gasteiger partial charge in [0.25, 0.3) is 0 Å². The lowest BCUT2D eigenvalue weighted by Gasteiger charge is -2.10. The van der Waals surface area contributed by atoms with E-state index in [4.69, 9.17) is 0 Å². The molecule has 0 unspecified atom stereocenters. The second-order valence-corrected chi connectivity index (χ2v) is 4.56. The fourth-order valence-electron chi connectivity index (χ4n) is 2.11. The lowest BCUT2D eigenvalue weighted by molar-refractivity contribution is 0.628. The SMILES string of the molecule is CNCCc1c(C)nc(-c2cccc(F)c2)nc1C. The normalized spacial score (nSPS) is 10.7. The van der Waals surface area contributed by atoms with Crippen molar-refractivity contribution in [1.82, 2.24) is 15.3 Å². The van der Waals surface area contributed by atoms with Crippen molar-refractivity contribution >= 4 is 0 Å². The Labute approximate surface area is 112 Å². The first-order valence-corrected chi connectivity index (χ1v) is 6.36. The van der Waals surface area contributed by atoms with E-state index in [0.29, 0.717) is 11.4 Å². The molecule has 0 radical (unpaired) electrons. The fraction of sp³-hybridized carbons (Fsp3) is 0.333. The van der Waals surface area contributed by atoms with Gasteiger partial charge in [-0.2, -0.15) is 0 Å². The van der Waals surface area contributed by atoms with E-state index in [9.17, 15) is 4.39 Å². The number of aryl methyl sites for hydroxylation is 2. The molecule has 0 saturated carbocycles. The fourth-order valence-corrected chi connectivity index (χ4v) is 2.11. The highest BCUT2D eigenvalue weighted by Crippen LogP contribution is 2.19. The Balaban J connectivity index is 2.39. The van der Waals surface area contributed by atoms with Crippen LogP contribution in [0.15, 0.2) is 24.3 Å². The molecule has 2 rings (SSSR count). The standard InChI is InChI=1S/C15H18FN3/c1-10-14(7-8-17-3)11(2)19-15(18-10)12-5-4-6-13(16)9-12/h4-6,9,17H,7-8H2,1-3H3. The Bertz CT molecular complexity index is 558. The first kappa shape index (κ1) is 13.6. The number of nitrogens with one attached hydrogen (secondary N) is 1. The maximum atomic E-state index is 13.2. The molecule has 1 heterocycles. The Morgan fingerprint density at radius 2 is 1.84 bits per heavy atom. The molecule has 0 aliphatic rings. The third-order valence-electron chi connectivity index (χ3n) is 3.13. The van der Waals surface area contributed by atoms with Crippen molar-refractivity contribution in [3.63, 3.8) is 0 Å². The monoisotopic (exact) mass is 259 g/mol. The van der Waals surface area contributed by atoms with Crippen molar-refractivity contribution in [1.29, 1.82) is 0 Å². The summed E-state index contributed by atoms with van der Waals surface area (Å²) in [4.78, 5) is 8.99. The minimum absolute atomic E-state index is 0.268. The minimum Gasteiger partial charge on any atom is -0.319 e. The summed E-state index contributed by atoms with van der Waals surface area (Å²) in [6.45, 7) is 4.84. The van der Waals surface area contributed by atoms with E-state index in [0.717, 1.165) is 29.9 Å². The summed E-state index contributed by atoms with van der Waals surface area (Å²) in [5.41, 5.74) is 3.80. The summed E-state index contributed by atoms with van der Waals surface area (Å²) in [7, 11) is 1.92. The molecule has 100 valence electrons. The van der Waals surface area contributed by atoms with Crippen LogP contribution in [-0.2, 0) is 6.42 Å². The second-order valence-electron chi connectivity index (χ2n) is 4.56. The number of likely N-dealkylation sites (N-methyl/N-ethyl adjacent to an activating group) is 1. The molecule has 0 saturated heterocycles. The van der Waals surface area contributed by atoms with Gasteiger partial charge in [0.05, 0.1) is 0 Å². The van der Waals surface area contributed by atoms with Crippen LogP contribution < -0.4 is 5.32 Å². The van der Waals surface area contributed by atoms with Crippen LogP contribution in [0, 0.1) is 19.7 Å². The molecule has 1 N–H and O–H groups in total. The van der Waals surface area contributed by atoms with Crippen LogP contribution in [0.25, 0.3) is 11.4 Å². The maximum Gasteiger partial charge on any atom is 0.159 e. The van der Waals surface area contributed by atoms with E-state index in [1.165, 1.54) is 12.1 Å². The number of halogens is 1. The number of hydrogen-bond donors (Lipinski definition) is 1. The van der Waals surface area contributed by atoms with Crippen molar-refractivity contribution in [2.24, 2.45) is 0 Å². The first-order chi connectivity index (χ1) is 9.11. The van der Waals surface area contributed by atoms with Crippen molar-refractivity contribution in [2.45, 2.75) is 20.3 Å². The summed E-state index contributed by atoms with van der Waals surface area (Å²) >= 11 is 0. The van der Waals surface area contributed by atoms with Gasteiger partial charge in [0, 0.05) is 17.0 Å². The molecule has 0 aliphatic carbocycles. The highest BCUT2D eigenvalue weighted by atomic mass is 19.1. The molecular weight excluding hydrogens is 241 g/mol. The van der Waals surface area contributed by atoms with Crippen LogP contribution in [0.5, 0.6) is 0 Å². The number of rotatable bonds is 4. The van der Waals surface area contributed by atoms with Crippen LogP contribution in [-0.4, -0.2) is 23.6 Å². The smallest absolute Gasteiger partial charge is 0.159 e. The van der Waals surface area contributed by atoms with Crippen LogP contribution in [0.3, 0.4) is 0 Å². The van der Waals surface area contributed by atoms with Gasteiger partial charge in [0.15, 0.2) is 5.82 Å². The topological polar surface area (TPSA) is 37.8 Å². The molecule has 2 aromatic rings. The largest absolute Gasteiger partial charge is 0.319 e. The molecule has 0 bridgehead atoms. The summed E-state index contributed by atoms with van der Waals surface area (Å²) in [6.07, 6.45) is 0.900. The van der Waals surface area contributed by atoms with E-state index in [-0.39, 0.29) is 5.82 Å². The Kier molecular flexibility index (Phi) is 4.22. The minimum atomic E-state index is -0.268. The first-order valence-electron chi connectivity index (χ1n) is 6.36. The lowest BCUT2D eigenvalue weighted by Crippen LogP contribution is -2.13. The predicted molar refractivity (Wildman–Crippen MR) is 74.5 cm³/mol. The highest BCUT2D eigenvalue weighted by molar-refractivity contribution is 5.55. The zero-order valence-electron chi connectivity index (χ0n) is 11.5. The summed E-state index contributed by atoms with van der Waals surface area (Å²) in [6, 6.07) is 6.38. The van der Waals surface area contributed by atoms with Crippen molar-refractivity contribution in [2.75, 3.05) is 13.6 Å². The Morgan fingerprint density at radius 1 is 1.16 bits per heavy atom. The average Bonchev–Trinajstić information content (AvgIpc) is 2.37.